The molecule has 2 N–H and O–H groups in total. The lowest BCUT2D eigenvalue weighted by molar-refractivity contribution is -0.138. The van der Waals surface area contributed by atoms with Crippen molar-refractivity contribution in [3.05, 3.63) is 23.2 Å². The molecule has 0 aliphatic heterocycles. The fourth-order valence-electron chi connectivity index (χ4n) is 1.39. The Hall–Kier alpha value is -1.69. The molecule has 0 aliphatic carbocycles. The lowest BCUT2D eigenvalue weighted by Crippen LogP contribution is -2.30. The van der Waals surface area contributed by atoms with E-state index in [-0.39, 0.29) is 29.7 Å². The van der Waals surface area contributed by atoms with E-state index in [2.05, 4.69) is 15.3 Å². The van der Waals surface area contributed by atoms with Crippen molar-refractivity contribution in [1.29, 1.82) is 0 Å². The highest BCUT2D eigenvalue weighted by atomic mass is 35.5. The SMILES string of the molecule is CCC(CNC(=O)c1cncc(Cl)n1)CC(=O)O. The maximum absolute atomic E-state index is 11.7. The van der Waals surface area contributed by atoms with E-state index < -0.39 is 11.9 Å². The fourth-order valence-corrected chi connectivity index (χ4v) is 1.53. The first kappa shape index (κ1) is 14.4. The highest BCUT2D eigenvalue weighted by Gasteiger charge is 2.14. The van der Waals surface area contributed by atoms with Gasteiger partial charge in [0.1, 0.15) is 10.8 Å². The molecule has 0 saturated heterocycles. The van der Waals surface area contributed by atoms with Crippen molar-refractivity contribution >= 4 is 23.5 Å². The molecular weight excluding hydrogens is 258 g/mol. The van der Waals surface area contributed by atoms with Gasteiger partial charge < -0.3 is 10.4 Å². The molecule has 1 aromatic rings. The second kappa shape index (κ2) is 6.90. The van der Waals surface area contributed by atoms with Crippen molar-refractivity contribution in [2.75, 3.05) is 6.54 Å². The molecule has 0 bridgehead atoms. The third kappa shape index (κ3) is 4.67. The van der Waals surface area contributed by atoms with Gasteiger partial charge in [0.15, 0.2) is 0 Å². The number of nitrogens with zero attached hydrogens (tertiary/aromatic N) is 2. The summed E-state index contributed by atoms with van der Waals surface area (Å²) < 4.78 is 0. The number of hydrogen-bond donors (Lipinski definition) is 2. The van der Waals surface area contributed by atoms with Crippen LogP contribution in [0, 0.1) is 5.92 Å². The summed E-state index contributed by atoms with van der Waals surface area (Å²) in [6.07, 6.45) is 3.34. The summed E-state index contributed by atoms with van der Waals surface area (Å²) in [4.78, 5) is 29.8. The number of carbonyl (C=O) groups is 2. The molecular formula is C11H14ClN3O3. The normalized spacial score (nSPS) is 11.9. The monoisotopic (exact) mass is 271 g/mol. The molecule has 1 heterocycles. The Morgan fingerprint density at radius 3 is 2.78 bits per heavy atom. The molecule has 1 amide bonds. The fraction of sp³-hybridized carbons (Fsp3) is 0.455. The third-order valence-corrected chi connectivity index (χ3v) is 2.61. The Morgan fingerprint density at radius 2 is 2.22 bits per heavy atom. The quantitative estimate of drug-likeness (QED) is 0.815. The van der Waals surface area contributed by atoms with E-state index in [0.717, 1.165) is 0 Å². The number of carboxylic acid groups (broad SMARTS) is 1. The third-order valence-electron chi connectivity index (χ3n) is 2.43. The zero-order chi connectivity index (χ0) is 13.5. The molecule has 18 heavy (non-hydrogen) atoms. The number of hydrogen-bond acceptors (Lipinski definition) is 4. The molecule has 1 atom stereocenters. The topological polar surface area (TPSA) is 92.2 Å². The molecule has 0 radical (unpaired) electrons. The van der Waals surface area contributed by atoms with E-state index in [0.29, 0.717) is 6.42 Å². The molecule has 1 aromatic heterocycles. The Bertz CT molecular complexity index is 439. The van der Waals surface area contributed by atoms with Crippen molar-refractivity contribution in [3.63, 3.8) is 0 Å². The predicted octanol–water partition coefficient (Wildman–Crippen LogP) is 1.36. The predicted molar refractivity (Wildman–Crippen MR) is 65.4 cm³/mol. The summed E-state index contributed by atoms with van der Waals surface area (Å²) >= 11 is 5.62. The smallest absolute Gasteiger partial charge is 0.303 e. The zero-order valence-electron chi connectivity index (χ0n) is 9.89. The number of amides is 1. The van der Waals surface area contributed by atoms with Gasteiger partial charge in [-0.15, -0.1) is 0 Å². The van der Waals surface area contributed by atoms with Gasteiger partial charge in [0.05, 0.1) is 12.4 Å². The van der Waals surface area contributed by atoms with Crippen LogP contribution in [0.15, 0.2) is 12.4 Å². The number of halogens is 1. The first-order valence-electron chi connectivity index (χ1n) is 5.50. The van der Waals surface area contributed by atoms with Crippen LogP contribution in [-0.4, -0.2) is 33.5 Å². The Labute approximate surface area is 109 Å². The highest BCUT2D eigenvalue weighted by Crippen LogP contribution is 2.07. The van der Waals surface area contributed by atoms with E-state index in [1.54, 1.807) is 0 Å². The summed E-state index contributed by atoms with van der Waals surface area (Å²) in [5.74, 6) is -1.38. The number of carbonyl (C=O) groups excluding carboxylic acids is 1. The molecule has 98 valence electrons. The molecule has 0 spiro atoms. The number of aromatic nitrogens is 2. The van der Waals surface area contributed by atoms with E-state index in [1.165, 1.54) is 12.4 Å². The summed E-state index contributed by atoms with van der Waals surface area (Å²) in [5.41, 5.74) is 0.118. The van der Waals surface area contributed by atoms with Crippen LogP contribution < -0.4 is 5.32 Å². The molecule has 7 heteroatoms. The second-order valence-corrected chi connectivity index (χ2v) is 4.20. The standard InChI is InChI=1S/C11H14ClN3O3/c1-2-7(3-10(16)17)4-14-11(18)8-5-13-6-9(12)15-8/h5-7H,2-4H2,1H3,(H,14,18)(H,16,17). The van der Waals surface area contributed by atoms with Gasteiger partial charge in [0.2, 0.25) is 0 Å². The van der Waals surface area contributed by atoms with Gasteiger partial charge >= 0.3 is 5.97 Å². The van der Waals surface area contributed by atoms with Crippen molar-refractivity contribution < 1.29 is 14.7 Å². The zero-order valence-corrected chi connectivity index (χ0v) is 10.6. The van der Waals surface area contributed by atoms with Gasteiger partial charge in [-0.3, -0.25) is 14.6 Å². The van der Waals surface area contributed by atoms with Gasteiger partial charge in [-0.05, 0) is 5.92 Å². The summed E-state index contributed by atoms with van der Waals surface area (Å²) in [5, 5.41) is 11.4. The Kier molecular flexibility index (Phi) is 5.51. The van der Waals surface area contributed by atoms with Crippen LogP contribution in [0.25, 0.3) is 0 Å². The van der Waals surface area contributed by atoms with Crippen LogP contribution >= 0.6 is 11.6 Å². The molecule has 6 nitrogen and oxygen atoms in total. The molecule has 1 rings (SSSR count). The van der Waals surface area contributed by atoms with Crippen molar-refractivity contribution in [3.8, 4) is 0 Å². The second-order valence-electron chi connectivity index (χ2n) is 3.81. The maximum atomic E-state index is 11.7. The van der Waals surface area contributed by atoms with Crippen LogP contribution in [-0.2, 0) is 4.79 Å². The summed E-state index contributed by atoms with van der Waals surface area (Å²) in [6, 6.07) is 0. The van der Waals surface area contributed by atoms with Crippen LogP contribution in [0.1, 0.15) is 30.3 Å². The number of rotatable bonds is 6. The van der Waals surface area contributed by atoms with Crippen LogP contribution in [0.3, 0.4) is 0 Å². The first-order valence-corrected chi connectivity index (χ1v) is 5.88. The minimum atomic E-state index is -0.876. The number of nitrogens with one attached hydrogen (secondary N) is 1. The number of aliphatic carboxylic acids is 1. The molecule has 0 saturated carbocycles. The maximum Gasteiger partial charge on any atom is 0.303 e. The molecule has 0 fully saturated rings. The van der Waals surface area contributed by atoms with Gasteiger partial charge in [0, 0.05) is 13.0 Å². The summed E-state index contributed by atoms with van der Waals surface area (Å²) in [7, 11) is 0. The summed E-state index contributed by atoms with van der Waals surface area (Å²) in [6.45, 7) is 2.16. The van der Waals surface area contributed by atoms with E-state index in [4.69, 9.17) is 16.7 Å². The average Bonchev–Trinajstić information content (AvgIpc) is 2.33. The molecule has 0 aromatic carbocycles. The van der Waals surface area contributed by atoms with E-state index >= 15 is 0 Å². The van der Waals surface area contributed by atoms with Gasteiger partial charge in [0.25, 0.3) is 5.91 Å². The first-order chi connectivity index (χ1) is 8.52. The van der Waals surface area contributed by atoms with Crippen molar-refractivity contribution in [2.45, 2.75) is 19.8 Å². The largest absolute Gasteiger partial charge is 0.481 e. The number of carboxylic acids is 1. The van der Waals surface area contributed by atoms with Crippen molar-refractivity contribution in [2.24, 2.45) is 5.92 Å². The van der Waals surface area contributed by atoms with Crippen LogP contribution in [0.2, 0.25) is 5.15 Å². The Balaban J connectivity index is 2.52. The molecule has 0 aliphatic rings. The Morgan fingerprint density at radius 1 is 1.50 bits per heavy atom. The van der Waals surface area contributed by atoms with Crippen LogP contribution in [0.5, 0.6) is 0 Å². The highest BCUT2D eigenvalue weighted by molar-refractivity contribution is 6.29. The lowest BCUT2D eigenvalue weighted by atomic mass is 10.0. The van der Waals surface area contributed by atoms with E-state index in [9.17, 15) is 9.59 Å². The molecule has 1 unspecified atom stereocenters. The minimum Gasteiger partial charge on any atom is -0.481 e. The minimum absolute atomic E-state index is 0.0258. The van der Waals surface area contributed by atoms with Crippen LogP contribution in [0.4, 0.5) is 0 Å². The van der Waals surface area contributed by atoms with Gasteiger partial charge in [-0.2, -0.15) is 0 Å². The average molecular weight is 272 g/mol. The van der Waals surface area contributed by atoms with E-state index in [1.807, 2.05) is 6.92 Å². The van der Waals surface area contributed by atoms with Gasteiger partial charge in [-0.1, -0.05) is 24.9 Å². The van der Waals surface area contributed by atoms with Gasteiger partial charge in [-0.25, -0.2) is 4.98 Å². The van der Waals surface area contributed by atoms with Crippen molar-refractivity contribution in [1.82, 2.24) is 15.3 Å². The lowest BCUT2D eigenvalue weighted by Gasteiger charge is -2.12.